The number of hydrogen-bond donors (Lipinski definition) is 5. The van der Waals surface area contributed by atoms with Crippen LogP contribution in [0.4, 0.5) is 0 Å². The molecule has 0 radical (unpaired) electrons. The zero-order chi connectivity index (χ0) is 19.3. The van der Waals surface area contributed by atoms with Gasteiger partial charge in [-0.25, -0.2) is 0 Å². The number of hydrogen-bond acceptors (Lipinski definition) is 7. The summed E-state index contributed by atoms with van der Waals surface area (Å²) >= 11 is 0. The molecule has 0 aromatic rings. The minimum absolute atomic E-state index is 0.0254. The van der Waals surface area contributed by atoms with Crippen molar-refractivity contribution >= 4 is 8.80 Å². The molecular weight excluding hydrogens is 356 g/mol. The molecule has 0 spiro atoms. The van der Waals surface area contributed by atoms with Crippen LogP contribution in [0.1, 0.15) is 70.6 Å². The standard InChI is InChI=1S/C18H38O7Si/c19-14-17(21)15-24-11-8-12-26(22,23)25-18-10-7-5-3-1-2-4-6-9-16(20)13-18/h16-23H,1-15H2. The molecule has 0 aromatic carbocycles. The summed E-state index contributed by atoms with van der Waals surface area (Å²) < 4.78 is 10.8. The Morgan fingerprint density at radius 1 is 0.962 bits per heavy atom. The Labute approximate surface area is 158 Å². The lowest BCUT2D eigenvalue weighted by atomic mass is 9.98. The molecule has 0 saturated heterocycles. The molecule has 156 valence electrons. The summed E-state index contributed by atoms with van der Waals surface area (Å²) in [5.41, 5.74) is 0. The number of aliphatic hydroxyl groups is 3. The second-order valence-electron chi connectivity index (χ2n) is 7.44. The third-order valence-corrected chi connectivity index (χ3v) is 6.48. The molecule has 1 saturated carbocycles. The van der Waals surface area contributed by atoms with Crippen molar-refractivity contribution in [1.29, 1.82) is 0 Å². The maximum atomic E-state index is 10.2. The fourth-order valence-corrected chi connectivity index (χ4v) is 4.76. The quantitative estimate of drug-likeness (QED) is 0.296. The van der Waals surface area contributed by atoms with Crippen LogP contribution in [0.25, 0.3) is 0 Å². The highest BCUT2D eigenvalue weighted by Gasteiger charge is 2.35. The number of aliphatic hydroxyl groups excluding tert-OH is 3. The van der Waals surface area contributed by atoms with E-state index in [0.29, 0.717) is 12.8 Å². The van der Waals surface area contributed by atoms with Crippen LogP contribution in [0.15, 0.2) is 0 Å². The number of ether oxygens (including phenoxy) is 1. The van der Waals surface area contributed by atoms with Crippen molar-refractivity contribution in [3.63, 3.8) is 0 Å². The molecule has 0 amide bonds. The Balaban J connectivity index is 2.36. The Morgan fingerprint density at radius 2 is 1.58 bits per heavy atom. The van der Waals surface area contributed by atoms with Crippen molar-refractivity contribution in [3.05, 3.63) is 0 Å². The summed E-state index contributed by atoms with van der Waals surface area (Å²) in [5.74, 6) is 0. The maximum absolute atomic E-state index is 10.2. The van der Waals surface area contributed by atoms with Crippen LogP contribution in [-0.4, -0.2) is 71.8 Å². The Kier molecular flexibility index (Phi) is 12.9. The second kappa shape index (κ2) is 14.0. The molecule has 8 heteroatoms. The van der Waals surface area contributed by atoms with Gasteiger partial charge in [-0.15, -0.1) is 0 Å². The smallest absolute Gasteiger partial charge is 0.394 e. The van der Waals surface area contributed by atoms with Crippen molar-refractivity contribution in [2.45, 2.75) is 95.0 Å². The first kappa shape index (κ1) is 24.0. The van der Waals surface area contributed by atoms with E-state index >= 15 is 0 Å². The average Bonchev–Trinajstić information content (AvgIpc) is 2.57. The van der Waals surface area contributed by atoms with Crippen molar-refractivity contribution in [2.75, 3.05) is 19.8 Å². The topological polar surface area (TPSA) is 120 Å². The Hall–Kier alpha value is -0.0631. The van der Waals surface area contributed by atoms with E-state index in [4.69, 9.17) is 14.3 Å². The van der Waals surface area contributed by atoms with Gasteiger partial charge in [0.25, 0.3) is 0 Å². The predicted octanol–water partition coefficient (Wildman–Crippen LogP) is 1.33. The van der Waals surface area contributed by atoms with E-state index in [9.17, 15) is 19.8 Å². The monoisotopic (exact) mass is 394 g/mol. The molecule has 1 fully saturated rings. The zero-order valence-electron chi connectivity index (χ0n) is 15.9. The second-order valence-corrected chi connectivity index (χ2v) is 9.66. The zero-order valence-corrected chi connectivity index (χ0v) is 16.9. The first-order valence-electron chi connectivity index (χ1n) is 10.1. The van der Waals surface area contributed by atoms with Crippen molar-refractivity contribution in [3.8, 4) is 0 Å². The lowest BCUT2D eigenvalue weighted by molar-refractivity contribution is 0.00426. The SMILES string of the molecule is OCC(O)COCCC[Si](O)(O)OC1CCCCCCCCCC(O)C1. The van der Waals surface area contributed by atoms with Crippen LogP contribution in [0.3, 0.4) is 0 Å². The summed E-state index contributed by atoms with van der Waals surface area (Å²) in [6.45, 7) is -0.0625. The molecule has 3 atom stereocenters. The van der Waals surface area contributed by atoms with Crippen LogP contribution in [-0.2, 0) is 9.16 Å². The predicted molar refractivity (Wildman–Crippen MR) is 101 cm³/mol. The minimum Gasteiger partial charge on any atom is -0.394 e. The van der Waals surface area contributed by atoms with E-state index < -0.39 is 21.0 Å². The summed E-state index contributed by atoms with van der Waals surface area (Å²) in [6.07, 6.45) is 8.57. The van der Waals surface area contributed by atoms with Gasteiger partial charge in [-0.3, -0.25) is 0 Å². The van der Waals surface area contributed by atoms with Gasteiger partial charge in [0.1, 0.15) is 6.10 Å². The Bertz CT molecular complexity index is 344. The van der Waals surface area contributed by atoms with Crippen LogP contribution < -0.4 is 0 Å². The molecule has 7 nitrogen and oxygen atoms in total. The highest BCUT2D eigenvalue weighted by molar-refractivity contribution is 6.57. The third kappa shape index (κ3) is 12.3. The fourth-order valence-electron chi connectivity index (χ4n) is 3.28. The van der Waals surface area contributed by atoms with Gasteiger partial charge in [-0.2, -0.15) is 0 Å². The molecule has 0 aliphatic heterocycles. The summed E-state index contributed by atoms with van der Waals surface area (Å²) in [7, 11) is -3.80. The van der Waals surface area contributed by atoms with Gasteiger partial charge >= 0.3 is 8.80 Å². The largest absolute Gasteiger partial charge is 0.495 e. The van der Waals surface area contributed by atoms with Crippen molar-refractivity contribution in [2.24, 2.45) is 0 Å². The van der Waals surface area contributed by atoms with E-state index in [0.717, 1.165) is 38.5 Å². The highest BCUT2D eigenvalue weighted by Crippen LogP contribution is 2.22. The average molecular weight is 395 g/mol. The van der Waals surface area contributed by atoms with Crippen molar-refractivity contribution in [1.82, 2.24) is 0 Å². The van der Waals surface area contributed by atoms with Crippen LogP contribution in [0, 0.1) is 0 Å². The molecule has 0 heterocycles. The molecule has 1 rings (SSSR count). The Morgan fingerprint density at radius 3 is 2.23 bits per heavy atom. The van der Waals surface area contributed by atoms with E-state index in [1.165, 1.54) is 19.3 Å². The van der Waals surface area contributed by atoms with E-state index in [2.05, 4.69) is 0 Å². The highest BCUT2D eigenvalue weighted by atomic mass is 28.4. The van der Waals surface area contributed by atoms with E-state index in [1.54, 1.807) is 0 Å². The van der Waals surface area contributed by atoms with Gasteiger partial charge in [0.05, 0.1) is 25.4 Å². The summed E-state index contributed by atoms with van der Waals surface area (Å²) in [4.78, 5) is 20.5. The molecule has 1 aliphatic carbocycles. The summed E-state index contributed by atoms with van der Waals surface area (Å²) in [6, 6.07) is 0.120. The molecule has 1 aliphatic rings. The van der Waals surface area contributed by atoms with Crippen LogP contribution in [0.5, 0.6) is 0 Å². The molecular formula is C18H38O7Si. The fraction of sp³-hybridized carbons (Fsp3) is 1.00. The van der Waals surface area contributed by atoms with E-state index in [1.807, 2.05) is 0 Å². The first-order valence-corrected chi connectivity index (χ1v) is 12.1. The van der Waals surface area contributed by atoms with Gasteiger partial charge < -0.3 is 34.1 Å². The normalized spacial score (nSPS) is 25.3. The molecule has 0 bridgehead atoms. The van der Waals surface area contributed by atoms with Crippen LogP contribution in [0.2, 0.25) is 6.04 Å². The minimum atomic E-state index is -3.80. The molecule has 0 aromatic heterocycles. The van der Waals surface area contributed by atoms with Crippen LogP contribution >= 0.6 is 0 Å². The van der Waals surface area contributed by atoms with Gasteiger partial charge in [-0.1, -0.05) is 44.9 Å². The third-order valence-electron chi connectivity index (χ3n) is 4.77. The molecule has 3 unspecified atom stereocenters. The maximum Gasteiger partial charge on any atom is 0.495 e. The van der Waals surface area contributed by atoms with E-state index in [-0.39, 0.29) is 32.0 Å². The van der Waals surface area contributed by atoms with Crippen molar-refractivity contribution < 1.29 is 34.1 Å². The number of rotatable bonds is 9. The van der Waals surface area contributed by atoms with Gasteiger partial charge in [-0.05, 0) is 25.7 Å². The first-order chi connectivity index (χ1) is 12.4. The lowest BCUT2D eigenvalue weighted by Gasteiger charge is -2.27. The molecule has 5 N–H and O–H groups in total. The molecule has 26 heavy (non-hydrogen) atoms. The van der Waals surface area contributed by atoms with Gasteiger partial charge in [0.15, 0.2) is 0 Å². The van der Waals surface area contributed by atoms with Gasteiger partial charge in [0, 0.05) is 12.7 Å². The van der Waals surface area contributed by atoms with Gasteiger partial charge in [0.2, 0.25) is 0 Å². The summed E-state index contributed by atoms with van der Waals surface area (Å²) in [5, 5.41) is 28.1. The lowest BCUT2D eigenvalue weighted by Crippen LogP contribution is -2.43.